The van der Waals surface area contributed by atoms with Crippen molar-refractivity contribution in [2.45, 2.75) is 12.5 Å². The number of carbonyl (C=O) groups is 2. The Morgan fingerprint density at radius 2 is 2.20 bits per heavy atom. The largest absolute Gasteiger partial charge is 0.481 e. The Morgan fingerprint density at radius 1 is 1.40 bits per heavy atom. The molecule has 0 aromatic carbocycles. The van der Waals surface area contributed by atoms with E-state index in [1.165, 1.54) is 29.7 Å². The number of aromatic nitrogens is 1. The fraction of sp³-hybridized carbons (Fsp3) is 0.154. The number of aliphatic carboxylic acids is 1. The average molecular weight is 292 g/mol. The molecule has 2 aromatic heterocycles. The number of hydrogen-bond acceptors (Lipinski definition) is 4. The smallest absolute Gasteiger partial charge is 0.305 e. The van der Waals surface area contributed by atoms with Crippen LogP contribution in [-0.4, -0.2) is 22.0 Å². The van der Waals surface area contributed by atoms with Gasteiger partial charge in [0.25, 0.3) is 5.91 Å². The molecule has 7 heteroatoms. The number of H-pyrrole nitrogens is 1. The number of carbonyl (C=O) groups excluding carboxylic acids is 1. The van der Waals surface area contributed by atoms with Crippen LogP contribution in [0, 0.1) is 0 Å². The second-order valence-corrected chi connectivity index (χ2v) is 5.06. The second kappa shape index (κ2) is 6.16. The molecule has 0 radical (unpaired) electrons. The standard InChI is InChI=1S/C13H12N2O4S/c16-11-6-8(3-4-14-11)13(19)15-9(7-12(17)18)10-2-1-5-20-10/h1-6,9H,7H2,(H,14,16)(H,15,19)(H,17,18). The zero-order valence-electron chi connectivity index (χ0n) is 10.3. The van der Waals surface area contributed by atoms with Crippen molar-refractivity contribution >= 4 is 23.2 Å². The number of amides is 1. The van der Waals surface area contributed by atoms with Gasteiger partial charge in [-0.15, -0.1) is 11.3 Å². The molecule has 6 nitrogen and oxygen atoms in total. The zero-order chi connectivity index (χ0) is 14.5. The molecule has 2 rings (SSSR count). The summed E-state index contributed by atoms with van der Waals surface area (Å²) >= 11 is 1.37. The highest BCUT2D eigenvalue weighted by atomic mass is 32.1. The SMILES string of the molecule is O=C(O)CC(NC(=O)c1cc[nH]c(=O)c1)c1cccs1. The Hall–Kier alpha value is -2.41. The van der Waals surface area contributed by atoms with Crippen LogP contribution in [0.3, 0.4) is 0 Å². The van der Waals surface area contributed by atoms with Crippen molar-refractivity contribution in [1.29, 1.82) is 0 Å². The van der Waals surface area contributed by atoms with Crippen LogP contribution < -0.4 is 10.9 Å². The number of hydrogen-bond donors (Lipinski definition) is 3. The van der Waals surface area contributed by atoms with Crippen LogP contribution in [0.1, 0.15) is 27.7 Å². The van der Waals surface area contributed by atoms with Crippen molar-refractivity contribution in [3.05, 3.63) is 56.6 Å². The molecule has 0 bridgehead atoms. The lowest BCUT2D eigenvalue weighted by Crippen LogP contribution is -2.30. The lowest BCUT2D eigenvalue weighted by atomic mass is 10.1. The molecule has 1 amide bonds. The molecule has 3 N–H and O–H groups in total. The Balaban J connectivity index is 2.17. The topological polar surface area (TPSA) is 99.3 Å². The van der Waals surface area contributed by atoms with Gasteiger partial charge in [0, 0.05) is 22.7 Å². The van der Waals surface area contributed by atoms with Gasteiger partial charge in [0.2, 0.25) is 5.56 Å². The summed E-state index contributed by atoms with van der Waals surface area (Å²) in [5.74, 6) is -1.48. The Kier molecular flexibility index (Phi) is 4.31. The average Bonchev–Trinajstić information content (AvgIpc) is 2.91. The Morgan fingerprint density at radius 3 is 2.80 bits per heavy atom. The van der Waals surface area contributed by atoms with Gasteiger partial charge in [0.1, 0.15) is 0 Å². The second-order valence-electron chi connectivity index (χ2n) is 4.08. The van der Waals surface area contributed by atoms with E-state index < -0.39 is 17.9 Å². The molecule has 0 aliphatic heterocycles. The molecule has 0 fully saturated rings. The highest BCUT2D eigenvalue weighted by molar-refractivity contribution is 7.10. The maximum Gasteiger partial charge on any atom is 0.305 e. The van der Waals surface area contributed by atoms with Gasteiger partial charge in [-0.3, -0.25) is 14.4 Å². The number of pyridine rings is 1. The third-order valence-corrected chi connectivity index (χ3v) is 3.59. The number of aromatic amines is 1. The van der Waals surface area contributed by atoms with Gasteiger partial charge in [-0.05, 0) is 17.5 Å². The van der Waals surface area contributed by atoms with Gasteiger partial charge in [0.05, 0.1) is 12.5 Å². The third-order valence-electron chi connectivity index (χ3n) is 2.61. The molecule has 0 saturated carbocycles. The molecule has 0 saturated heterocycles. The molecule has 1 unspecified atom stereocenters. The predicted octanol–water partition coefficient (Wildman–Crippen LogP) is 1.38. The molecule has 0 aliphatic rings. The van der Waals surface area contributed by atoms with Crippen LogP contribution in [-0.2, 0) is 4.79 Å². The van der Waals surface area contributed by atoms with Gasteiger partial charge in [-0.2, -0.15) is 0 Å². The first-order valence-electron chi connectivity index (χ1n) is 5.81. The van der Waals surface area contributed by atoms with Crippen molar-refractivity contribution in [2.24, 2.45) is 0 Å². The number of nitrogens with one attached hydrogen (secondary N) is 2. The Labute approximate surface area is 118 Å². The van der Waals surface area contributed by atoms with Crippen LogP contribution in [0.15, 0.2) is 40.6 Å². The summed E-state index contributed by atoms with van der Waals surface area (Å²) in [6, 6.07) is 5.56. The van der Waals surface area contributed by atoms with E-state index in [0.29, 0.717) is 0 Å². The van der Waals surface area contributed by atoms with Crippen LogP contribution in [0.4, 0.5) is 0 Å². The fourth-order valence-corrected chi connectivity index (χ4v) is 2.49. The van der Waals surface area contributed by atoms with E-state index in [4.69, 9.17) is 5.11 Å². The molecule has 1 atom stereocenters. The highest BCUT2D eigenvalue weighted by Gasteiger charge is 2.19. The minimum atomic E-state index is -1.00. The van der Waals surface area contributed by atoms with Crippen molar-refractivity contribution < 1.29 is 14.7 Å². The maximum absolute atomic E-state index is 12.0. The molecule has 0 aliphatic carbocycles. The summed E-state index contributed by atoms with van der Waals surface area (Å²) in [6.07, 6.45) is 1.16. The molecular formula is C13H12N2O4S. The van der Waals surface area contributed by atoms with Crippen LogP contribution in [0.5, 0.6) is 0 Å². The number of rotatable bonds is 5. The lowest BCUT2D eigenvalue weighted by molar-refractivity contribution is -0.137. The summed E-state index contributed by atoms with van der Waals surface area (Å²) in [4.78, 5) is 37.2. The summed E-state index contributed by atoms with van der Waals surface area (Å²) < 4.78 is 0. The van der Waals surface area contributed by atoms with Crippen molar-refractivity contribution in [2.75, 3.05) is 0 Å². The van der Waals surface area contributed by atoms with E-state index in [2.05, 4.69) is 10.3 Å². The minimum Gasteiger partial charge on any atom is -0.481 e. The van der Waals surface area contributed by atoms with Gasteiger partial charge in [0.15, 0.2) is 0 Å². The first kappa shape index (κ1) is 14.0. The van der Waals surface area contributed by atoms with Crippen LogP contribution in [0.25, 0.3) is 0 Å². The van der Waals surface area contributed by atoms with Gasteiger partial charge in [-0.1, -0.05) is 6.07 Å². The molecule has 2 aromatic rings. The van der Waals surface area contributed by atoms with E-state index in [0.717, 1.165) is 4.88 Å². The maximum atomic E-state index is 12.0. The summed E-state index contributed by atoms with van der Waals surface area (Å²) in [5, 5.41) is 13.3. The molecule has 20 heavy (non-hydrogen) atoms. The van der Waals surface area contributed by atoms with E-state index in [-0.39, 0.29) is 17.5 Å². The molecule has 2 heterocycles. The molecule has 104 valence electrons. The summed E-state index contributed by atoms with van der Waals surface area (Å²) in [6.45, 7) is 0. The van der Waals surface area contributed by atoms with Crippen molar-refractivity contribution in [3.63, 3.8) is 0 Å². The third kappa shape index (κ3) is 3.55. The number of carboxylic acids is 1. The molecular weight excluding hydrogens is 280 g/mol. The van der Waals surface area contributed by atoms with Gasteiger partial charge >= 0.3 is 5.97 Å². The predicted molar refractivity (Wildman–Crippen MR) is 73.8 cm³/mol. The summed E-state index contributed by atoms with van der Waals surface area (Å²) in [7, 11) is 0. The van der Waals surface area contributed by atoms with Crippen LogP contribution in [0.2, 0.25) is 0 Å². The normalized spacial score (nSPS) is 11.8. The van der Waals surface area contributed by atoms with Crippen molar-refractivity contribution in [1.82, 2.24) is 10.3 Å². The van der Waals surface area contributed by atoms with E-state index in [1.54, 1.807) is 12.1 Å². The quantitative estimate of drug-likeness (QED) is 0.775. The molecule has 0 spiro atoms. The van der Waals surface area contributed by atoms with Crippen LogP contribution >= 0.6 is 11.3 Å². The van der Waals surface area contributed by atoms with Gasteiger partial charge in [-0.25, -0.2) is 0 Å². The number of carboxylic acid groups (broad SMARTS) is 1. The number of thiophene rings is 1. The monoisotopic (exact) mass is 292 g/mol. The van der Waals surface area contributed by atoms with E-state index >= 15 is 0 Å². The zero-order valence-corrected chi connectivity index (χ0v) is 11.1. The summed E-state index contributed by atoms with van der Waals surface area (Å²) in [5.41, 5.74) is -0.191. The Bertz CT molecular complexity index is 663. The van der Waals surface area contributed by atoms with Gasteiger partial charge < -0.3 is 15.4 Å². The van der Waals surface area contributed by atoms with E-state index in [9.17, 15) is 14.4 Å². The first-order valence-corrected chi connectivity index (χ1v) is 6.69. The minimum absolute atomic E-state index is 0.195. The van der Waals surface area contributed by atoms with E-state index in [1.807, 2.05) is 5.38 Å². The lowest BCUT2D eigenvalue weighted by Gasteiger charge is -2.15. The highest BCUT2D eigenvalue weighted by Crippen LogP contribution is 2.22. The van der Waals surface area contributed by atoms with Crippen molar-refractivity contribution in [3.8, 4) is 0 Å². The fourth-order valence-electron chi connectivity index (χ4n) is 1.71. The first-order chi connectivity index (χ1) is 9.56.